The fourth-order valence-electron chi connectivity index (χ4n) is 1.11. The summed E-state index contributed by atoms with van der Waals surface area (Å²) in [5.41, 5.74) is -0.297. The number of aromatic nitrogens is 3. The molecule has 0 aliphatic heterocycles. The SMILES string of the molecule is CC(C)(C)c1nc(C(=O)NC(CO)C(=O)O)n[nH]1. The van der Waals surface area contributed by atoms with Gasteiger partial charge in [0.25, 0.3) is 5.91 Å². The normalized spacial score (nSPS) is 13.1. The number of aliphatic hydroxyl groups excluding tert-OH is 1. The van der Waals surface area contributed by atoms with Gasteiger partial charge in [-0.05, 0) is 0 Å². The zero-order valence-corrected chi connectivity index (χ0v) is 10.4. The number of carboxylic acids is 1. The highest BCUT2D eigenvalue weighted by Crippen LogP contribution is 2.17. The highest BCUT2D eigenvalue weighted by Gasteiger charge is 2.24. The summed E-state index contributed by atoms with van der Waals surface area (Å²) in [6, 6.07) is -1.37. The minimum absolute atomic E-state index is 0.153. The summed E-state index contributed by atoms with van der Waals surface area (Å²) in [6.07, 6.45) is 0. The Bertz CT molecular complexity index is 449. The van der Waals surface area contributed by atoms with Crippen molar-refractivity contribution in [3.63, 3.8) is 0 Å². The second-order valence-corrected chi connectivity index (χ2v) is 4.80. The molecule has 8 nitrogen and oxygen atoms in total. The van der Waals surface area contributed by atoms with Crippen molar-refractivity contribution in [1.29, 1.82) is 0 Å². The van der Waals surface area contributed by atoms with Crippen LogP contribution in [0.2, 0.25) is 0 Å². The minimum Gasteiger partial charge on any atom is -0.480 e. The molecule has 4 N–H and O–H groups in total. The summed E-state index contributed by atoms with van der Waals surface area (Å²) in [5.74, 6) is -1.70. The van der Waals surface area contributed by atoms with Crippen LogP contribution in [0.15, 0.2) is 0 Å². The Kier molecular flexibility index (Phi) is 4.02. The van der Waals surface area contributed by atoms with Gasteiger partial charge in [-0.3, -0.25) is 9.89 Å². The fourth-order valence-corrected chi connectivity index (χ4v) is 1.11. The van der Waals surface area contributed by atoms with Gasteiger partial charge in [0, 0.05) is 5.41 Å². The Morgan fingerprint density at radius 3 is 2.44 bits per heavy atom. The average Bonchev–Trinajstić information content (AvgIpc) is 2.73. The van der Waals surface area contributed by atoms with E-state index in [-0.39, 0.29) is 11.2 Å². The number of rotatable bonds is 4. The van der Waals surface area contributed by atoms with Crippen LogP contribution in [0, 0.1) is 0 Å². The summed E-state index contributed by atoms with van der Waals surface area (Å²) in [7, 11) is 0. The van der Waals surface area contributed by atoms with Crippen molar-refractivity contribution in [3.05, 3.63) is 11.6 Å². The summed E-state index contributed by atoms with van der Waals surface area (Å²) >= 11 is 0. The molecule has 1 heterocycles. The number of carbonyl (C=O) groups is 2. The number of aromatic amines is 1. The highest BCUT2D eigenvalue weighted by atomic mass is 16.4. The predicted molar refractivity (Wildman–Crippen MR) is 61.1 cm³/mol. The molecule has 1 aromatic heterocycles. The first kappa shape index (κ1) is 14.1. The van der Waals surface area contributed by atoms with E-state index in [9.17, 15) is 9.59 Å². The van der Waals surface area contributed by atoms with Crippen LogP contribution in [0.4, 0.5) is 0 Å². The van der Waals surface area contributed by atoms with E-state index in [1.54, 1.807) is 0 Å². The minimum atomic E-state index is -1.37. The molecule has 0 spiro atoms. The molecule has 18 heavy (non-hydrogen) atoms. The lowest BCUT2D eigenvalue weighted by Gasteiger charge is -2.13. The molecule has 8 heteroatoms. The Hall–Kier alpha value is -1.96. The molecule has 0 fully saturated rings. The molecular weight excluding hydrogens is 240 g/mol. The van der Waals surface area contributed by atoms with Gasteiger partial charge in [0.1, 0.15) is 5.82 Å². The van der Waals surface area contributed by atoms with Gasteiger partial charge in [0.05, 0.1) is 6.61 Å². The van der Waals surface area contributed by atoms with Gasteiger partial charge in [0.15, 0.2) is 6.04 Å². The third kappa shape index (κ3) is 3.27. The molecule has 1 unspecified atom stereocenters. The van der Waals surface area contributed by atoms with E-state index in [4.69, 9.17) is 10.2 Å². The summed E-state index contributed by atoms with van der Waals surface area (Å²) in [4.78, 5) is 26.2. The lowest BCUT2D eigenvalue weighted by Crippen LogP contribution is -2.43. The maximum Gasteiger partial charge on any atom is 0.328 e. The molecule has 1 amide bonds. The fraction of sp³-hybridized carbons (Fsp3) is 0.600. The van der Waals surface area contributed by atoms with Crippen molar-refractivity contribution in [3.8, 4) is 0 Å². The Labute approximate surface area is 103 Å². The van der Waals surface area contributed by atoms with Crippen LogP contribution in [0.25, 0.3) is 0 Å². The second kappa shape index (κ2) is 5.13. The first-order valence-corrected chi connectivity index (χ1v) is 5.33. The first-order valence-electron chi connectivity index (χ1n) is 5.33. The van der Waals surface area contributed by atoms with E-state index >= 15 is 0 Å². The van der Waals surface area contributed by atoms with Crippen molar-refractivity contribution >= 4 is 11.9 Å². The third-order valence-corrected chi connectivity index (χ3v) is 2.18. The van der Waals surface area contributed by atoms with Crippen LogP contribution < -0.4 is 5.32 Å². The monoisotopic (exact) mass is 256 g/mol. The summed E-state index contributed by atoms with van der Waals surface area (Å²) in [6.45, 7) is 4.98. The van der Waals surface area contributed by atoms with Crippen LogP contribution >= 0.6 is 0 Å². The highest BCUT2D eigenvalue weighted by molar-refractivity contribution is 5.93. The molecule has 1 rings (SSSR count). The molecule has 1 aromatic rings. The molecule has 0 aromatic carbocycles. The topological polar surface area (TPSA) is 128 Å². The van der Waals surface area contributed by atoms with Crippen LogP contribution in [0.5, 0.6) is 0 Å². The number of carbonyl (C=O) groups excluding carboxylic acids is 1. The van der Waals surface area contributed by atoms with Crippen LogP contribution in [0.3, 0.4) is 0 Å². The van der Waals surface area contributed by atoms with Gasteiger partial charge in [-0.15, -0.1) is 5.10 Å². The molecule has 0 saturated carbocycles. The van der Waals surface area contributed by atoms with Gasteiger partial charge in [-0.25, -0.2) is 9.78 Å². The number of aliphatic carboxylic acids is 1. The van der Waals surface area contributed by atoms with Crippen LogP contribution in [-0.4, -0.2) is 49.9 Å². The molecule has 0 aliphatic rings. The van der Waals surface area contributed by atoms with E-state index in [1.807, 2.05) is 20.8 Å². The van der Waals surface area contributed by atoms with Gasteiger partial charge in [-0.1, -0.05) is 20.8 Å². The van der Waals surface area contributed by atoms with Crippen molar-refractivity contribution < 1.29 is 19.8 Å². The van der Waals surface area contributed by atoms with Gasteiger partial charge in [-0.2, -0.15) is 0 Å². The lowest BCUT2D eigenvalue weighted by molar-refractivity contribution is -0.140. The van der Waals surface area contributed by atoms with Crippen molar-refractivity contribution in [2.24, 2.45) is 0 Å². The van der Waals surface area contributed by atoms with Crippen molar-refractivity contribution in [2.75, 3.05) is 6.61 Å². The van der Waals surface area contributed by atoms with Gasteiger partial charge in [0.2, 0.25) is 5.82 Å². The van der Waals surface area contributed by atoms with E-state index < -0.39 is 24.5 Å². The molecule has 0 bridgehead atoms. The first-order chi connectivity index (χ1) is 8.25. The quantitative estimate of drug-likeness (QED) is 0.562. The van der Waals surface area contributed by atoms with Gasteiger partial charge < -0.3 is 15.5 Å². The van der Waals surface area contributed by atoms with Crippen LogP contribution in [0.1, 0.15) is 37.2 Å². The van der Waals surface area contributed by atoms with Gasteiger partial charge >= 0.3 is 5.97 Å². The average molecular weight is 256 g/mol. The Morgan fingerprint density at radius 2 is 2.06 bits per heavy atom. The Balaban J connectivity index is 2.79. The molecule has 0 aliphatic carbocycles. The zero-order valence-electron chi connectivity index (χ0n) is 10.4. The standard InChI is InChI=1S/C10H16N4O4/c1-10(2,3)9-12-6(13-14-9)7(16)11-5(4-15)8(17)18/h5,15H,4H2,1-3H3,(H,11,16)(H,17,18)(H,12,13,14). The van der Waals surface area contributed by atoms with E-state index in [1.165, 1.54) is 0 Å². The Morgan fingerprint density at radius 1 is 1.44 bits per heavy atom. The summed E-state index contributed by atoms with van der Waals surface area (Å²) < 4.78 is 0. The van der Waals surface area contributed by atoms with Crippen molar-refractivity contribution in [2.45, 2.75) is 32.2 Å². The van der Waals surface area contributed by atoms with E-state index in [0.717, 1.165) is 0 Å². The van der Waals surface area contributed by atoms with Crippen molar-refractivity contribution in [1.82, 2.24) is 20.5 Å². The maximum atomic E-state index is 11.6. The number of carboxylic acid groups (broad SMARTS) is 1. The molecule has 1 atom stereocenters. The number of hydrogen-bond acceptors (Lipinski definition) is 5. The lowest BCUT2D eigenvalue weighted by atomic mass is 9.96. The second-order valence-electron chi connectivity index (χ2n) is 4.80. The predicted octanol–water partition coefficient (Wildman–Crippen LogP) is -0.722. The molecular formula is C10H16N4O4. The number of amides is 1. The molecule has 0 radical (unpaired) electrons. The largest absolute Gasteiger partial charge is 0.480 e. The summed E-state index contributed by atoms with van der Waals surface area (Å²) in [5, 5.41) is 25.9. The molecule has 0 saturated heterocycles. The number of H-pyrrole nitrogens is 1. The smallest absolute Gasteiger partial charge is 0.328 e. The molecule has 100 valence electrons. The third-order valence-electron chi connectivity index (χ3n) is 2.18. The maximum absolute atomic E-state index is 11.6. The number of nitrogens with zero attached hydrogens (tertiary/aromatic N) is 2. The number of aliphatic hydroxyl groups is 1. The van der Waals surface area contributed by atoms with E-state index in [2.05, 4.69) is 20.5 Å². The van der Waals surface area contributed by atoms with E-state index in [0.29, 0.717) is 5.82 Å². The number of hydrogen-bond donors (Lipinski definition) is 4. The number of nitrogens with one attached hydrogen (secondary N) is 2. The van der Waals surface area contributed by atoms with Crippen LogP contribution in [-0.2, 0) is 10.2 Å². The zero-order chi connectivity index (χ0) is 13.9.